The van der Waals surface area contributed by atoms with Crippen molar-refractivity contribution in [2.75, 3.05) is 31.1 Å². The number of carbonyl (C=O) groups is 1. The second-order valence-corrected chi connectivity index (χ2v) is 9.41. The van der Waals surface area contributed by atoms with Crippen LogP contribution in [0.25, 0.3) is 0 Å². The molecule has 1 aliphatic heterocycles. The van der Waals surface area contributed by atoms with E-state index in [2.05, 4.69) is 32.0 Å². The van der Waals surface area contributed by atoms with Gasteiger partial charge in [0.25, 0.3) is 5.89 Å². The van der Waals surface area contributed by atoms with Gasteiger partial charge >= 0.3 is 5.91 Å². The fraction of sp³-hybridized carbons (Fsp3) is 0.591. The molecule has 7 nitrogen and oxygen atoms in total. The lowest BCUT2D eigenvalue weighted by Gasteiger charge is -2.42. The van der Waals surface area contributed by atoms with Crippen molar-refractivity contribution in [3.05, 3.63) is 40.8 Å². The Morgan fingerprint density at radius 1 is 1.23 bits per heavy atom. The second-order valence-electron chi connectivity index (χ2n) is 8.62. The van der Waals surface area contributed by atoms with Gasteiger partial charge in [0.15, 0.2) is 0 Å². The van der Waals surface area contributed by atoms with Crippen molar-refractivity contribution in [3.63, 3.8) is 0 Å². The molecule has 9 heteroatoms. The molecule has 2 fully saturated rings. The lowest BCUT2D eigenvalue weighted by Crippen LogP contribution is -2.52. The standard InChI is InChI=1S/C22H29Cl2N5O2/c1-15-14-28(9-10-29(15)19-12-20(24)26-13-18(19)23)8-6-16-2-4-17(5-3-16)27-21(30)22-25-7-11-31-22/h7,11-13,15-17H,2-6,8-10,14H2,1H3,(H,27,30)/t15-,16-,17-/m1/s1. The molecule has 1 N–H and O–H groups in total. The van der Waals surface area contributed by atoms with Crippen LogP contribution in [-0.2, 0) is 0 Å². The molecule has 3 heterocycles. The highest BCUT2D eigenvalue weighted by Gasteiger charge is 2.28. The molecule has 0 unspecified atom stereocenters. The summed E-state index contributed by atoms with van der Waals surface area (Å²) in [5, 5.41) is 4.17. The second kappa shape index (κ2) is 10.2. The first-order chi connectivity index (χ1) is 15.0. The van der Waals surface area contributed by atoms with Gasteiger partial charge in [0, 0.05) is 44.0 Å². The van der Waals surface area contributed by atoms with Crippen LogP contribution in [-0.4, -0.2) is 59.0 Å². The molecule has 31 heavy (non-hydrogen) atoms. The topological polar surface area (TPSA) is 74.5 Å². The van der Waals surface area contributed by atoms with Gasteiger partial charge in [-0.05, 0) is 51.5 Å². The van der Waals surface area contributed by atoms with E-state index in [0.717, 1.165) is 63.5 Å². The van der Waals surface area contributed by atoms with Gasteiger partial charge in [0.2, 0.25) is 0 Å². The van der Waals surface area contributed by atoms with Gasteiger partial charge in [-0.1, -0.05) is 23.2 Å². The van der Waals surface area contributed by atoms with E-state index >= 15 is 0 Å². The van der Waals surface area contributed by atoms with E-state index in [4.69, 9.17) is 27.6 Å². The Morgan fingerprint density at radius 3 is 2.74 bits per heavy atom. The first-order valence-corrected chi connectivity index (χ1v) is 11.8. The summed E-state index contributed by atoms with van der Waals surface area (Å²) in [5.41, 5.74) is 0.971. The van der Waals surface area contributed by atoms with E-state index in [-0.39, 0.29) is 17.8 Å². The van der Waals surface area contributed by atoms with Crippen LogP contribution in [0.5, 0.6) is 0 Å². The van der Waals surface area contributed by atoms with Crippen LogP contribution < -0.4 is 10.2 Å². The molecule has 0 bridgehead atoms. The van der Waals surface area contributed by atoms with Crippen LogP contribution in [0, 0.1) is 5.92 Å². The van der Waals surface area contributed by atoms with E-state index in [9.17, 15) is 4.79 Å². The quantitative estimate of drug-likeness (QED) is 0.642. The third-order valence-corrected chi connectivity index (χ3v) is 6.98. The van der Waals surface area contributed by atoms with E-state index in [0.29, 0.717) is 16.2 Å². The Hall–Kier alpha value is -1.83. The molecular formula is C22H29Cl2N5O2. The highest BCUT2D eigenvalue weighted by molar-refractivity contribution is 6.34. The van der Waals surface area contributed by atoms with Crippen LogP contribution in [0.4, 0.5) is 5.69 Å². The van der Waals surface area contributed by atoms with Crippen molar-refractivity contribution < 1.29 is 9.21 Å². The highest BCUT2D eigenvalue weighted by atomic mass is 35.5. The highest BCUT2D eigenvalue weighted by Crippen LogP contribution is 2.31. The van der Waals surface area contributed by atoms with Crippen molar-refractivity contribution in [1.82, 2.24) is 20.2 Å². The zero-order valence-electron chi connectivity index (χ0n) is 17.8. The minimum absolute atomic E-state index is 0.144. The summed E-state index contributed by atoms with van der Waals surface area (Å²) in [6.45, 7) is 6.31. The third-order valence-electron chi connectivity index (χ3n) is 6.48. The lowest BCUT2D eigenvalue weighted by atomic mass is 9.84. The molecule has 168 valence electrons. The monoisotopic (exact) mass is 465 g/mol. The van der Waals surface area contributed by atoms with E-state index in [1.165, 1.54) is 18.9 Å². The Kier molecular flexibility index (Phi) is 7.35. The van der Waals surface area contributed by atoms with E-state index in [1.807, 2.05) is 6.07 Å². The summed E-state index contributed by atoms with van der Waals surface area (Å²) < 4.78 is 5.07. The molecule has 2 aromatic heterocycles. The lowest BCUT2D eigenvalue weighted by molar-refractivity contribution is 0.0884. The Balaban J connectivity index is 1.19. The van der Waals surface area contributed by atoms with Crippen molar-refractivity contribution in [2.24, 2.45) is 5.92 Å². The summed E-state index contributed by atoms with van der Waals surface area (Å²) in [5.74, 6) is 0.651. The number of pyridine rings is 1. The number of hydrogen-bond donors (Lipinski definition) is 1. The molecule has 0 radical (unpaired) electrons. The van der Waals surface area contributed by atoms with Crippen molar-refractivity contribution in [1.29, 1.82) is 0 Å². The first-order valence-electron chi connectivity index (χ1n) is 11.0. The van der Waals surface area contributed by atoms with Gasteiger partial charge in [-0.25, -0.2) is 9.97 Å². The molecule has 1 atom stereocenters. The molecule has 4 rings (SSSR count). The maximum absolute atomic E-state index is 12.1. The largest absolute Gasteiger partial charge is 0.441 e. The number of hydrogen-bond acceptors (Lipinski definition) is 6. The van der Waals surface area contributed by atoms with E-state index in [1.54, 1.807) is 6.20 Å². The number of halogens is 2. The summed E-state index contributed by atoms with van der Waals surface area (Å²) in [7, 11) is 0. The van der Waals surface area contributed by atoms with Crippen LogP contribution in [0.2, 0.25) is 10.2 Å². The molecule has 1 amide bonds. The van der Waals surface area contributed by atoms with Crippen LogP contribution in [0.3, 0.4) is 0 Å². The SMILES string of the molecule is C[C@@H]1CN(CC[C@H]2CC[C@H](NC(=O)c3ncco3)CC2)CCN1c1cc(Cl)ncc1Cl. The van der Waals surface area contributed by atoms with Crippen LogP contribution in [0.1, 0.15) is 49.7 Å². The average Bonchev–Trinajstić information content (AvgIpc) is 3.30. The van der Waals surface area contributed by atoms with Crippen molar-refractivity contribution in [2.45, 2.75) is 51.1 Å². The fourth-order valence-electron chi connectivity index (χ4n) is 4.76. The molecule has 1 aliphatic carbocycles. The fourth-order valence-corrected chi connectivity index (χ4v) is 5.13. The number of nitrogens with one attached hydrogen (secondary N) is 1. The molecule has 1 saturated heterocycles. The van der Waals surface area contributed by atoms with E-state index < -0.39 is 0 Å². The average molecular weight is 466 g/mol. The predicted octanol–water partition coefficient (Wildman–Crippen LogP) is 4.27. The van der Waals surface area contributed by atoms with Crippen LogP contribution >= 0.6 is 23.2 Å². The molecule has 0 aromatic carbocycles. The third kappa shape index (κ3) is 5.70. The Labute approximate surface area is 193 Å². The smallest absolute Gasteiger partial charge is 0.307 e. The minimum Gasteiger partial charge on any atom is -0.441 e. The van der Waals surface area contributed by atoms with Gasteiger partial charge in [-0.15, -0.1) is 0 Å². The van der Waals surface area contributed by atoms with Gasteiger partial charge in [-0.2, -0.15) is 0 Å². The molecule has 2 aromatic rings. The van der Waals surface area contributed by atoms with Gasteiger partial charge in [0.05, 0.1) is 16.9 Å². The first kappa shape index (κ1) is 22.4. The van der Waals surface area contributed by atoms with Gasteiger partial charge in [-0.3, -0.25) is 9.69 Å². The zero-order chi connectivity index (χ0) is 21.8. The predicted molar refractivity (Wildman–Crippen MR) is 122 cm³/mol. The van der Waals surface area contributed by atoms with Crippen LogP contribution in [0.15, 0.2) is 29.1 Å². The summed E-state index contributed by atoms with van der Waals surface area (Å²) in [6.07, 6.45) is 10.1. The summed E-state index contributed by atoms with van der Waals surface area (Å²) in [6, 6.07) is 2.44. The number of piperazine rings is 1. The number of nitrogens with zero attached hydrogens (tertiary/aromatic N) is 4. The number of anilines is 1. The number of oxazole rings is 1. The summed E-state index contributed by atoms with van der Waals surface area (Å²) >= 11 is 12.4. The maximum Gasteiger partial charge on any atom is 0.307 e. The number of rotatable bonds is 6. The maximum atomic E-state index is 12.1. The molecular weight excluding hydrogens is 437 g/mol. The number of amides is 1. The van der Waals surface area contributed by atoms with Gasteiger partial charge in [0.1, 0.15) is 11.4 Å². The van der Waals surface area contributed by atoms with Crippen molar-refractivity contribution >= 4 is 34.8 Å². The summed E-state index contributed by atoms with van der Waals surface area (Å²) in [4.78, 5) is 24.9. The Morgan fingerprint density at radius 2 is 2.03 bits per heavy atom. The molecule has 0 spiro atoms. The van der Waals surface area contributed by atoms with Gasteiger partial charge < -0.3 is 14.6 Å². The zero-order valence-corrected chi connectivity index (χ0v) is 19.3. The molecule has 2 aliphatic rings. The number of carbonyl (C=O) groups excluding carboxylic acids is 1. The molecule has 1 saturated carbocycles. The number of aromatic nitrogens is 2. The minimum atomic E-state index is -0.212. The normalized spacial score (nSPS) is 24.9. The Bertz CT molecular complexity index is 871. The van der Waals surface area contributed by atoms with Crippen molar-refractivity contribution in [3.8, 4) is 0 Å².